The number of hydrogen-bond donors (Lipinski definition) is 1. The molecule has 0 saturated heterocycles. The number of nitrogens with one attached hydrogen (secondary N) is 1. The zero-order valence-corrected chi connectivity index (χ0v) is 16.9. The molecule has 0 bridgehead atoms. The second-order valence-corrected chi connectivity index (χ2v) is 8.13. The molecule has 0 atom stereocenters. The van der Waals surface area contributed by atoms with E-state index < -0.39 is 10.0 Å². The number of rotatable bonds is 9. The lowest BCUT2D eigenvalue weighted by Gasteiger charge is -2.22. The van der Waals surface area contributed by atoms with E-state index in [1.807, 2.05) is 25.1 Å². The maximum atomic E-state index is 12.9. The van der Waals surface area contributed by atoms with E-state index in [-0.39, 0.29) is 23.8 Å². The van der Waals surface area contributed by atoms with Gasteiger partial charge in [0.25, 0.3) is 5.91 Å². The van der Waals surface area contributed by atoms with Crippen molar-refractivity contribution in [3.05, 3.63) is 65.2 Å². The van der Waals surface area contributed by atoms with Crippen LogP contribution in [0.3, 0.4) is 0 Å². The molecule has 1 N–H and O–H groups in total. The highest BCUT2D eigenvalue weighted by atomic mass is 32.2. The minimum Gasteiger partial charge on any atom is -0.334 e. The molecule has 8 heteroatoms. The lowest BCUT2D eigenvalue weighted by atomic mass is 10.1. The predicted octanol–water partition coefficient (Wildman–Crippen LogP) is 2.80. The van der Waals surface area contributed by atoms with Crippen LogP contribution in [0.4, 0.5) is 0 Å². The molecular weight excluding hydrogens is 388 g/mol. The number of nitriles is 2. The fourth-order valence-corrected chi connectivity index (χ4v) is 3.74. The van der Waals surface area contributed by atoms with Crippen molar-refractivity contribution >= 4 is 15.9 Å². The summed E-state index contributed by atoms with van der Waals surface area (Å²) >= 11 is 0. The molecule has 2 aromatic carbocycles. The van der Waals surface area contributed by atoms with Crippen LogP contribution in [0.5, 0.6) is 0 Å². The Labute approximate surface area is 171 Å². The van der Waals surface area contributed by atoms with Crippen LogP contribution < -0.4 is 4.72 Å². The van der Waals surface area contributed by atoms with Gasteiger partial charge in [-0.15, -0.1) is 0 Å². The Morgan fingerprint density at radius 1 is 1.07 bits per heavy atom. The van der Waals surface area contributed by atoms with Gasteiger partial charge in [0.15, 0.2) is 0 Å². The second-order valence-electron chi connectivity index (χ2n) is 6.37. The van der Waals surface area contributed by atoms with Crippen LogP contribution in [-0.2, 0) is 16.6 Å². The van der Waals surface area contributed by atoms with Crippen LogP contribution in [0.15, 0.2) is 53.4 Å². The SMILES string of the molecule is CCCN(Cc1ccc(C#N)cc1)C(=O)c1ccc(S(=O)(=O)NCCC#N)cc1. The zero-order chi connectivity index (χ0) is 21.3. The van der Waals surface area contributed by atoms with E-state index >= 15 is 0 Å². The monoisotopic (exact) mass is 410 g/mol. The summed E-state index contributed by atoms with van der Waals surface area (Å²) in [5, 5.41) is 17.4. The summed E-state index contributed by atoms with van der Waals surface area (Å²) in [7, 11) is -3.71. The van der Waals surface area contributed by atoms with Gasteiger partial charge in [-0.05, 0) is 48.4 Å². The summed E-state index contributed by atoms with van der Waals surface area (Å²) in [6.07, 6.45) is 0.856. The Morgan fingerprint density at radius 2 is 1.72 bits per heavy atom. The van der Waals surface area contributed by atoms with Gasteiger partial charge >= 0.3 is 0 Å². The molecule has 7 nitrogen and oxygen atoms in total. The van der Waals surface area contributed by atoms with Crippen molar-refractivity contribution in [1.29, 1.82) is 10.5 Å². The minimum atomic E-state index is -3.71. The van der Waals surface area contributed by atoms with Crippen LogP contribution >= 0.6 is 0 Å². The first-order chi connectivity index (χ1) is 13.9. The van der Waals surface area contributed by atoms with E-state index in [1.165, 1.54) is 24.3 Å². The molecule has 150 valence electrons. The fourth-order valence-electron chi connectivity index (χ4n) is 2.71. The third-order valence-electron chi connectivity index (χ3n) is 4.18. The zero-order valence-electron chi connectivity index (χ0n) is 16.1. The highest BCUT2D eigenvalue weighted by Crippen LogP contribution is 2.15. The number of hydrogen-bond acceptors (Lipinski definition) is 5. The van der Waals surface area contributed by atoms with E-state index in [9.17, 15) is 13.2 Å². The minimum absolute atomic E-state index is 0.0361. The Kier molecular flexibility index (Phi) is 7.90. The predicted molar refractivity (Wildman–Crippen MR) is 108 cm³/mol. The van der Waals surface area contributed by atoms with Gasteiger partial charge in [0.1, 0.15) is 0 Å². The molecule has 0 spiro atoms. The first kappa shape index (κ1) is 22.1. The molecule has 2 rings (SSSR count). The molecule has 1 amide bonds. The van der Waals surface area contributed by atoms with Gasteiger partial charge in [-0.3, -0.25) is 4.79 Å². The van der Waals surface area contributed by atoms with E-state index in [4.69, 9.17) is 10.5 Å². The average Bonchev–Trinajstić information content (AvgIpc) is 2.73. The van der Waals surface area contributed by atoms with Crippen molar-refractivity contribution in [1.82, 2.24) is 9.62 Å². The first-order valence-electron chi connectivity index (χ1n) is 9.16. The van der Waals surface area contributed by atoms with E-state index in [1.54, 1.807) is 17.0 Å². The van der Waals surface area contributed by atoms with Gasteiger partial charge in [0.05, 0.1) is 22.6 Å². The lowest BCUT2D eigenvalue weighted by molar-refractivity contribution is 0.0743. The van der Waals surface area contributed by atoms with Crippen LogP contribution in [0, 0.1) is 22.7 Å². The van der Waals surface area contributed by atoms with Gasteiger partial charge in [0.2, 0.25) is 10.0 Å². The molecule has 0 aromatic heterocycles. The number of benzene rings is 2. The maximum absolute atomic E-state index is 12.9. The molecule has 0 aliphatic rings. The molecule has 0 saturated carbocycles. The first-order valence-corrected chi connectivity index (χ1v) is 10.6. The second kappa shape index (κ2) is 10.4. The fraction of sp³-hybridized carbons (Fsp3) is 0.286. The van der Waals surface area contributed by atoms with Crippen LogP contribution in [-0.4, -0.2) is 32.3 Å². The van der Waals surface area contributed by atoms with Crippen molar-refractivity contribution in [2.75, 3.05) is 13.1 Å². The Balaban J connectivity index is 2.15. The number of amides is 1. The van der Waals surface area contributed by atoms with E-state index in [0.29, 0.717) is 24.2 Å². The summed E-state index contributed by atoms with van der Waals surface area (Å²) < 4.78 is 26.7. The summed E-state index contributed by atoms with van der Waals surface area (Å²) in [5.74, 6) is -0.197. The number of carbonyl (C=O) groups excluding carboxylic acids is 1. The molecule has 0 unspecified atom stereocenters. The van der Waals surface area contributed by atoms with Gasteiger partial charge in [-0.2, -0.15) is 10.5 Å². The summed E-state index contributed by atoms with van der Waals surface area (Å²) in [6, 6.07) is 16.7. The Morgan fingerprint density at radius 3 is 2.28 bits per heavy atom. The molecule has 0 fully saturated rings. The topological polar surface area (TPSA) is 114 Å². The number of carbonyl (C=O) groups is 1. The summed E-state index contributed by atoms with van der Waals surface area (Å²) in [5.41, 5.74) is 1.86. The van der Waals surface area contributed by atoms with Crippen molar-refractivity contribution in [2.45, 2.75) is 31.2 Å². The normalized spacial score (nSPS) is 10.7. The van der Waals surface area contributed by atoms with Crippen molar-refractivity contribution in [3.63, 3.8) is 0 Å². The standard InChI is InChI=1S/C21H22N4O3S/c1-2-14-25(16-18-6-4-17(15-23)5-7-18)21(26)19-8-10-20(11-9-19)29(27,28)24-13-3-12-22/h4-11,24H,2-3,13-14,16H2,1H3. The maximum Gasteiger partial charge on any atom is 0.254 e. The van der Waals surface area contributed by atoms with Crippen LogP contribution in [0.2, 0.25) is 0 Å². The third-order valence-corrected chi connectivity index (χ3v) is 5.65. The third kappa shape index (κ3) is 6.15. The molecule has 29 heavy (non-hydrogen) atoms. The smallest absolute Gasteiger partial charge is 0.254 e. The van der Waals surface area contributed by atoms with Gasteiger partial charge in [-0.1, -0.05) is 19.1 Å². The highest BCUT2D eigenvalue weighted by molar-refractivity contribution is 7.89. The largest absolute Gasteiger partial charge is 0.334 e. The molecule has 0 radical (unpaired) electrons. The Hall–Kier alpha value is -3.20. The van der Waals surface area contributed by atoms with Gasteiger partial charge in [0, 0.05) is 31.6 Å². The highest BCUT2D eigenvalue weighted by Gasteiger charge is 2.18. The number of sulfonamides is 1. The van der Waals surface area contributed by atoms with Crippen LogP contribution in [0.1, 0.15) is 41.3 Å². The summed E-state index contributed by atoms with van der Waals surface area (Å²) in [6.45, 7) is 2.96. The van der Waals surface area contributed by atoms with E-state index in [0.717, 1.165) is 12.0 Å². The lowest BCUT2D eigenvalue weighted by Crippen LogP contribution is -2.31. The van der Waals surface area contributed by atoms with Crippen molar-refractivity contribution in [2.24, 2.45) is 0 Å². The molecule has 2 aromatic rings. The molecule has 0 aliphatic carbocycles. The average molecular weight is 410 g/mol. The van der Waals surface area contributed by atoms with E-state index in [2.05, 4.69) is 10.8 Å². The quantitative estimate of drug-likeness (QED) is 0.639. The van der Waals surface area contributed by atoms with Crippen molar-refractivity contribution < 1.29 is 13.2 Å². The number of nitrogens with zero attached hydrogens (tertiary/aromatic N) is 3. The van der Waals surface area contributed by atoms with Crippen molar-refractivity contribution in [3.8, 4) is 12.1 Å². The Bertz CT molecular complexity index is 1020. The summed E-state index contributed by atoms with van der Waals surface area (Å²) in [4.78, 5) is 14.6. The van der Waals surface area contributed by atoms with Gasteiger partial charge < -0.3 is 4.90 Å². The molecular formula is C21H22N4O3S. The molecule has 0 aliphatic heterocycles. The molecule has 0 heterocycles. The van der Waals surface area contributed by atoms with Gasteiger partial charge in [-0.25, -0.2) is 13.1 Å². The van der Waals surface area contributed by atoms with Crippen LogP contribution in [0.25, 0.3) is 0 Å².